The van der Waals surface area contributed by atoms with Crippen LogP contribution in [0.2, 0.25) is 0 Å². The van der Waals surface area contributed by atoms with Gasteiger partial charge in [-0.2, -0.15) is 0 Å². The average Bonchev–Trinajstić information content (AvgIpc) is 2.86. The van der Waals surface area contributed by atoms with Crippen LogP contribution in [-0.2, 0) is 6.54 Å². The maximum absolute atomic E-state index is 12.3. The van der Waals surface area contributed by atoms with E-state index in [1.54, 1.807) is 17.3 Å². The lowest BCUT2D eigenvalue weighted by atomic mass is 10.1. The fourth-order valence-corrected chi connectivity index (χ4v) is 2.61. The molecule has 0 spiro atoms. The van der Waals surface area contributed by atoms with E-state index in [0.29, 0.717) is 12.2 Å². The summed E-state index contributed by atoms with van der Waals surface area (Å²) in [4.78, 5) is 18.2. The van der Waals surface area contributed by atoms with Gasteiger partial charge in [0.1, 0.15) is 10.7 Å². The van der Waals surface area contributed by atoms with Gasteiger partial charge >= 0.3 is 0 Å². The molecule has 0 aliphatic carbocycles. The first-order chi connectivity index (χ1) is 9.02. The fraction of sp³-hybridized carbons (Fsp3) is 0.286. The third-order valence-corrected chi connectivity index (χ3v) is 3.83. The summed E-state index contributed by atoms with van der Waals surface area (Å²) in [5, 5.41) is 2.53. The summed E-state index contributed by atoms with van der Waals surface area (Å²) in [6.07, 6.45) is 0. The molecule has 1 aromatic carbocycles. The third-order valence-electron chi connectivity index (χ3n) is 2.96. The number of hydrogen-bond acceptors (Lipinski definition) is 4. The first kappa shape index (κ1) is 13.7. The zero-order chi connectivity index (χ0) is 14.0. The van der Waals surface area contributed by atoms with Gasteiger partial charge in [-0.15, -0.1) is 11.3 Å². The van der Waals surface area contributed by atoms with Crippen molar-refractivity contribution in [3.63, 3.8) is 0 Å². The molecule has 1 heterocycles. The summed E-state index contributed by atoms with van der Waals surface area (Å²) in [5.74, 6) is -0.108. The molecular weight excluding hydrogens is 258 g/mol. The van der Waals surface area contributed by atoms with E-state index in [4.69, 9.17) is 5.73 Å². The van der Waals surface area contributed by atoms with Gasteiger partial charge in [-0.25, -0.2) is 4.98 Å². The molecule has 0 atom stereocenters. The molecule has 0 fully saturated rings. The second-order valence-electron chi connectivity index (χ2n) is 4.48. The second kappa shape index (κ2) is 5.50. The van der Waals surface area contributed by atoms with Crippen LogP contribution < -0.4 is 10.6 Å². The van der Waals surface area contributed by atoms with Gasteiger partial charge in [-0.05, 0) is 25.5 Å². The molecule has 2 rings (SSSR count). The number of aromatic nitrogens is 1. The molecule has 1 aromatic heterocycles. The summed E-state index contributed by atoms with van der Waals surface area (Å²) in [6.45, 7) is 4.40. The van der Waals surface area contributed by atoms with E-state index in [2.05, 4.69) is 11.1 Å². The highest BCUT2D eigenvalue weighted by atomic mass is 32.1. The van der Waals surface area contributed by atoms with Crippen molar-refractivity contribution in [1.29, 1.82) is 0 Å². The van der Waals surface area contributed by atoms with Crippen LogP contribution >= 0.6 is 11.3 Å². The van der Waals surface area contributed by atoms with Crippen molar-refractivity contribution in [2.75, 3.05) is 11.9 Å². The van der Waals surface area contributed by atoms with E-state index in [-0.39, 0.29) is 5.91 Å². The largest absolute Gasteiger partial charge is 0.325 e. The molecule has 100 valence electrons. The number of carbonyl (C=O) groups is 1. The van der Waals surface area contributed by atoms with Gasteiger partial charge in [0.2, 0.25) is 0 Å². The minimum absolute atomic E-state index is 0.108. The van der Waals surface area contributed by atoms with E-state index in [9.17, 15) is 4.79 Å². The highest BCUT2D eigenvalue weighted by Crippen LogP contribution is 2.22. The molecule has 1 amide bonds. The Morgan fingerprint density at radius 3 is 2.74 bits per heavy atom. The molecule has 0 saturated carbocycles. The molecule has 0 saturated heterocycles. The highest BCUT2D eigenvalue weighted by molar-refractivity contribution is 7.09. The number of anilines is 1. The Balaban J connectivity index is 2.27. The van der Waals surface area contributed by atoms with E-state index in [0.717, 1.165) is 16.3 Å². The van der Waals surface area contributed by atoms with Crippen LogP contribution in [0.1, 0.15) is 26.6 Å². The molecular formula is C14H17N3OS. The number of benzene rings is 1. The maximum atomic E-state index is 12.3. The molecule has 0 radical (unpaired) electrons. The van der Waals surface area contributed by atoms with Gasteiger partial charge in [0.05, 0.1) is 0 Å². The molecule has 0 bridgehead atoms. The van der Waals surface area contributed by atoms with Gasteiger partial charge in [0, 0.05) is 24.7 Å². The van der Waals surface area contributed by atoms with Crippen molar-refractivity contribution >= 4 is 22.9 Å². The number of carbonyl (C=O) groups excluding carboxylic acids is 1. The zero-order valence-electron chi connectivity index (χ0n) is 11.3. The van der Waals surface area contributed by atoms with Gasteiger partial charge < -0.3 is 10.6 Å². The Kier molecular flexibility index (Phi) is 3.97. The Morgan fingerprint density at radius 1 is 1.42 bits per heavy atom. The summed E-state index contributed by atoms with van der Waals surface area (Å²) < 4.78 is 0. The lowest BCUT2D eigenvalue weighted by Gasteiger charge is -2.18. The number of rotatable bonds is 3. The predicted octanol–water partition coefficient (Wildman–Crippen LogP) is 2.50. The average molecular weight is 275 g/mol. The van der Waals surface area contributed by atoms with Crippen molar-refractivity contribution in [1.82, 2.24) is 4.98 Å². The molecule has 2 aromatic rings. The SMILES string of the molecule is Cc1ccc(N(C)C(=O)c2csc(CN)n2)c(C)c1. The van der Waals surface area contributed by atoms with E-state index >= 15 is 0 Å². The minimum atomic E-state index is -0.108. The summed E-state index contributed by atoms with van der Waals surface area (Å²) in [5.41, 5.74) is 9.12. The Morgan fingerprint density at radius 2 is 2.16 bits per heavy atom. The van der Waals surface area contributed by atoms with Crippen LogP contribution in [0.25, 0.3) is 0 Å². The van der Waals surface area contributed by atoms with Crippen LogP contribution in [0.5, 0.6) is 0 Å². The Bertz CT molecular complexity index is 606. The number of nitrogens with zero attached hydrogens (tertiary/aromatic N) is 2. The maximum Gasteiger partial charge on any atom is 0.277 e. The first-order valence-corrected chi connectivity index (χ1v) is 6.90. The summed E-state index contributed by atoms with van der Waals surface area (Å²) >= 11 is 1.41. The number of amides is 1. The normalized spacial score (nSPS) is 10.5. The lowest BCUT2D eigenvalue weighted by molar-refractivity contribution is 0.0988. The fourth-order valence-electron chi connectivity index (χ4n) is 1.97. The van der Waals surface area contributed by atoms with Crippen LogP contribution in [-0.4, -0.2) is 17.9 Å². The summed E-state index contributed by atoms with van der Waals surface area (Å²) in [7, 11) is 1.77. The van der Waals surface area contributed by atoms with E-state index < -0.39 is 0 Å². The second-order valence-corrected chi connectivity index (χ2v) is 5.43. The number of nitrogens with two attached hydrogens (primary N) is 1. The number of hydrogen-bond donors (Lipinski definition) is 1. The van der Waals surface area contributed by atoms with Gasteiger partial charge in [0.25, 0.3) is 5.91 Å². The van der Waals surface area contributed by atoms with Crippen LogP contribution in [0, 0.1) is 13.8 Å². The highest BCUT2D eigenvalue weighted by Gasteiger charge is 2.17. The van der Waals surface area contributed by atoms with Gasteiger partial charge in [-0.1, -0.05) is 17.7 Å². The Labute approximate surface area is 116 Å². The zero-order valence-corrected chi connectivity index (χ0v) is 12.1. The molecule has 2 N–H and O–H groups in total. The smallest absolute Gasteiger partial charge is 0.277 e. The topological polar surface area (TPSA) is 59.2 Å². The molecule has 0 aliphatic rings. The van der Waals surface area contributed by atoms with E-state index in [1.165, 1.54) is 16.9 Å². The molecule has 0 unspecified atom stereocenters. The van der Waals surface area contributed by atoms with Gasteiger partial charge in [0.15, 0.2) is 0 Å². The van der Waals surface area contributed by atoms with E-state index in [1.807, 2.05) is 26.0 Å². The predicted molar refractivity (Wildman–Crippen MR) is 78.7 cm³/mol. The number of thiazole rings is 1. The van der Waals surface area contributed by atoms with Crippen molar-refractivity contribution in [2.24, 2.45) is 5.73 Å². The standard InChI is InChI=1S/C14H17N3OS/c1-9-4-5-12(10(2)6-9)17(3)14(18)11-8-19-13(7-15)16-11/h4-6,8H,7,15H2,1-3H3. The van der Waals surface area contributed by atoms with Crippen LogP contribution in [0.3, 0.4) is 0 Å². The summed E-state index contributed by atoms with van der Waals surface area (Å²) in [6, 6.07) is 6.02. The lowest BCUT2D eigenvalue weighted by Crippen LogP contribution is -2.27. The number of aryl methyl sites for hydroxylation is 2. The van der Waals surface area contributed by atoms with Gasteiger partial charge in [-0.3, -0.25) is 4.79 Å². The van der Waals surface area contributed by atoms with Crippen LogP contribution in [0.4, 0.5) is 5.69 Å². The van der Waals surface area contributed by atoms with Crippen molar-refractivity contribution in [3.05, 3.63) is 45.4 Å². The molecule has 0 aliphatic heterocycles. The molecule has 4 nitrogen and oxygen atoms in total. The van der Waals surface area contributed by atoms with Crippen molar-refractivity contribution in [3.8, 4) is 0 Å². The third kappa shape index (κ3) is 2.83. The monoisotopic (exact) mass is 275 g/mol. The molecule has 5 heteroatoms. The first-order valence-electron chi connectivity index (χ1n) is 6.02. The van der Waals surface area contributed by atoms with Crippen molar-refractivity contribution < 1.29 is 4.79 Å². The Hall–Kier alpha value is -1.72. The van der Waals surface area contributed by atoms with Crippen LogP contribution in [0.15, 0.2) is 23.6 Å². The molecule has 19 heavy (non-hydrogen) atoms. The minimum Gasteiger partial charge on any atom is -0.325 e. The quantitative estimate of drug-likeness (QED) is 0.936. The van der Waals surface area contributed by atoms with Crippen molar-refractivity contribution in [2.45, 2.75) is 20.4 Å².